The van der Waals surface area contributed by atoms with E-state index in [1.165, 1.54) is 6.92 Å². The standard InChI is InChI=1S/C26H42N8O12/c1-11(25(44)34-9-3-4-16(34)26(45)46)30-24(43)20(12(2)35)33-23(42)15(10-19(38)39)32-22(41)14(6-8-18(29)37)31-21(40)13(27)5-7-17(28)36/h11-16,20,35H,3-10,27H2,1-2H3,(H2,28,36)(H2,29,37)(H,30,43)(H,31,40)(H,32,41)(H,33,42)(H,38,39)(H,45,46)/t11-,12+,13-,14-,15-,16-,20-/m0/s1. The van der Waals surface area contributed by atoms with Crippen LogP contribution < -0.4 is 38.5 Å². The minimum Gasteiger partial charge on any atom is -0.481 e. The first kappa shape index (κ1) is 39.2. The summed E-state index contributed by atoms with van der Waals surface area (Å²) in [5, 5.41) is 37.7. The van der Waals surface area contributed by atoms with Gasteiger partial charge in [-0.25, -0.2) is 4.79 Å². The molecule has 46 heavy (non-hydrogen) atoms. The van der Waals surface area contributed by atoms with Crippen LogP contribution in [0, 0.1) is 0 Å². The Labute approximate surface area is 263 Å². The number of hydrogen-bond donors (Lipinski definition) is 10. The number of nitrogens with two attached hydrogens (primary N) is 3. The van der Waals surface area contributed by atoms with Gasteiger partial charge in [0.15, 0.2) is 0 Å². The van der Waals surface area contributed by atoms with Crippen LogP contribution in [0.4, 0.5) is 0 Å². The summed E-state index contributed by atoms with van der Waals surface area (Å²) in [6, 6.07) is -8.85. The van der Waals surface area contributed by atoms with E-state index in [0.717, 1.165) is 11.8 Å². The van der Waals surface area contributed by atoms with Gasteiger partial charge in [0, 0.05) is 19.4 Å². The highest BCUT2D eigenvalue weighted by molar-refractivity contribution is 5.97. The molecular formula is C26H42N8O12. The Kier molecular flexibility index (Phi) is 15.5. The fourth-order valence-electron chi connectivity index (χ4n) is 4.48. The first-order valence-corrected chi connectivity index (χ1v) is 14.3. The number of aliphatic hydroxyl groups excluding tert-OH is 1. The number of likely N-dealkylation sites (tertiary alicyclic amines) is 1. The highest BCUT2D eigenvalue weighted by Crippen LogP contribution is 2.18. The Hall–Kier alpha value is -4.85. The van der Waals surface area contributed by atoms with Gasteiger partial charge in [0.25, 0.3) is 0 Å². The monoisotopic (exact) mass is 658 g/mol. The molecule has 0 aromatic rings. The molecule has 1 aliphatic rings. The topological polar surface area (TPSA) is 344 Å². The summed E-state index contributed by atoms with van der Waals surface area (Å²) < 4.78 is 0. The van der Waals surface area contributed by atoms with E-state index < -0.39 is 108 Å². The summed E-state index contributed by atoms with van der Waals surface area (Å²) in [6.07, 6.45) is -3.21. The maximum atomic E-state index is 13.1. The Morgan fingerprint density at radius 1 is 0.783 bits per heavy atom. The van der Waals surface area contributed by atoms with E-state index in [-0.39, 0.29) is 32.2 Å². The second-order valence-electron chi connectivity index (χ2n) is 10.8. The maximum absolute atomic E-state index is 13.1. The van der Waals surface area contributed by atoms with Crippen LogP contribution in [0.25, 0.3) is 0 Å². The van der Waals surface area contributed by atoms with Crippen molar-refractivity contribution in [3.63, 3.8) is 0 Å². The van der Waals surface area contributed by atoms with Gasteiger partial charge in [0.1, 0.15) is 30.2 Å². The van der Waals surface area contributed by atoms with Crippen LogP contribution in [-0.2, 0) is 43.2 Å². The minimum absolute atomic E-state index is 0.142. The molecule has 0 aromatic heterocycles. The molecule has 1 fully saturated rings. The number of aliphatic hydroxyl groups is 1. The maximum Gasteiger partial charge on any atom is 0.326 e. The van der Waals surface area contributed by atoms with Gasteiger partial charge in [-0.15, -0.1) is 0 Å². The van der Waals surface area contributed by atoms with Crippen molar-refractivity contribution in [1.29, 1.82) is 0 Å². The molecule has 0 aromatic carbocycles. The fourth-order valence-corrected chi connectivity index (χ4v) is 4.48. The predicted octanol–water partition coefficient (Wildman–Crippen LogP) is -5.27. The van der Waals surface area contributed by atoms with Crippen LogP contribution in [0.15, 0.2) is 0 Å². The number of aliphatic carboxylic acids is 2. The van der Waals surface area contributed by atoms with Crippen LogP contribution >= 0.6 is 0 Å². The molecule has 0 bridgehead atoms. The molecular weight excluding hydrogens is 616 g/mol. The number of hydrogen-bond acceptors (Lipinski definition) is 11. The molecule has 1 rings (SSSR count). The largest absolute Gasteiger partial charge is 0.481 e. The highest BCUT2D eigenvalue weighted by atomic mass is 16.4. The average Bonchev–Trinajstić information content (AvgIpc) is 3.45. The zero-order chi connectivity index (χ0) is 35.3. The molecule has 0 spiro atoms. The number of carboxylic acids is 2. The molecule has 1 heterocycles. The molecule has 13 N–H and O–H groups in total. The number of nitrogens with zero attached hydrogens (tertiary/aromatic N) is 1. The van der Waals surface area contributed by atoms with Crippen LogP contribution in [-0.4, -0.2) is 122 Å². The number of primary amides is 2. The first-order chi connectivity index (χ1) is 21.3. The van der Waals surface area contributed by atoms with Crippen LogP contribution in [0.3, 0.4) is 0 Å². The Morgan fingerprint density at radius 2 is 1.33 bits per heavy atom. The lowest BCUT2D eigenvalue weighted by atomic mass is 10.1. The second-order valence-corrected chi connectivity index (χ2v) is 10.8. The normalized spacial score (nSPS) is 18.1. The van der Waals surface area contributed by atoms with Gasteiger partial charge in [0.05, 0.1) is 18.6 Å². The lowest BCUT2D eigenvalue weighted by molar-refractivity contribution is -0.149. The fraction of sp³-hybridized carbons (Fsp3) is 0.654. The number of nitrogens with one attached hydrogen (secondary N) is 4. The second kappa shape index (κ2) is 18.2. The van der Waals surface area contributed by atoms with E-state index in [4.69, 9.17) is 17.2 Å². The predicted molar refractivity (Wildman–Crippen MR) is 155 cm³/mol. The van der Waals surface area contributed by atoms with Gasteiger partial charge in [-0.1, -0.05) is 0 Å². The van der Waals surface area contributed by atoms with Gasteiger partial charge < -0.3 is 58.7 Å². The summed E-state index contributed by atoms with van der Waals surface area (Å²) >= 11 is 0. The third-order valence-corrected chi connectivity index (χ3v) is 6.98. The SMILES string of the molecule is C[C@H](NC(=O)[C@@H](NC(=O)[C@H](CC(=O)O)NC(=O)[C@H](CCC(N)=O)NC(=O)[C@@H](N)CCC(N)=O)[C@@H](C)O)C(=O)N1CCC[C@H]1C(=O)O. The first-order valence-electron chi connectivity index (χ1n) is 14.3. The summed E-state index contributed by atoms with van der Waals surface area (Å²) in [7, 11) is 0. The number of rotatable bonds is 19. The third-order valence-electron chi connectivity index (χ3n) is 6.98. The summed E-state index contributed by atoms with van der Waals surface area (Å²) in [4.78, 5) is 111. The van der Waals surface area contributed by atoms with E-state index in [2.05, 4.69) is 21.3 Å². The van der Waals surface area contributed by atoms with Crippen molar-refractivity contribution in [2.45, 2.75) is 101 Å². The Bertz CT molecular complexity index is 1200. The summed E-state index contributed by atoms with van der Waals surface area (Å²) in [6.45, 7) is 2.52. The van der Waals surface area contributed by atoms with Gasteiger partial charge in [-0.05, 0) is 39.5 Å². The lowest BCUT2D eigenvalue weighted by Gasteiger charge is -2.28. The van der Waals surface area contributed by atoms with Gasteiger partial charge in [0.2, 0.25) is 41.4 Å². The number of amides is 7. The number of carboxylic acid groups (broad SMARTS) is 2. The van der Waals surface area contributed by atoms with Crippen LogP contribution in [0.5, 0.6) is 0 Å². The molecule has 0 unspecified atom stereocenters. The minimum atomic E-state index is -1.88. The van der Waals surface area contributed by atoms with E-state index in [1.807, 2.05) is 0 Å². The number of carbonyl (C=O) groups is 9. The molecule has 1 saturated heterocycles. The van der Waals surface area contributed by atoms with Gasteiger partial charge >= 0.3 is 11.9 Å². The molecule has 0 radical (unpaired) electrons. The van der Waals surface area contributed by atoms with Crippen molar-refractivity contribution >= 4 is 53.3 Å². The third kappa shape index (κ3) is 12.6. The van der Waals surface area contributed by atoms with Crippen molar-refractivity contribution in [3.8, 4) is 0 Å². The molecule has 20 nitrogen and oxygen atoms in total. The highest BCUT2D eigenvalue weighted by Gasteiger charge is 2.38. The van der Waals surface area contributed by atoms with E-state index in [9.17, 15) is 58.5 Å². The van der Waals surface area contributed by atoms with Crippen molar-refractivity contribution in [3.05, 3.63) is 0 Å². The quantitative estimate of drug-likeness (QED) is 0.0621. The summed E-state index contributed by atoms with van der Waals surface area (Å²) in [5.41, 5.74) is 15.9. The molecule has 0 saturated carbocycles. The molecule has 1 aliphatic heterocycles. The zero-order valence-electron chi connectivity index (χ0n) is 25.4. The van der Waals surface area contributed by atoms with E-state index in [0.29, 0.717) is 6.42 Å². The Morgan fingerprint density at radius 3 is 1.85 bits per heavy atom. The molecule has 7 amide bonds. The van der Waals surface area contributed by atoms with Crippen molar-refractivity contribution < 1.29 is 58.5 Å². The van der Waals surface area contributed by atoms with Crippen LogP contribution in [0.1, 0.15) is 58.8 Å². The smallest absolute Gasteiger partial charge is 0.326 e. The molecule has 0 aliphatic carbocycles. The number of carbonyl (C=O) groups excluding carboxylic acids is 7. The van der Waals surface area contributed by atoms with Gasteiger partial charge in [-0.3, -0.25) is 38.4 Å². The molecule has 258 valence electrons. The molecule has 7 atom stereocenters. The average molecular weight is 659 g/mol. The lowest BCUT2D eigenvalue weighted by Crippen LogP contribution is -2.61. The summed E-state index contributed by atoms with van der Waals surface area (Å²) in [5.74, 6) is -9.48. The zero-order valence-corrected chi connectivity index (χ0v) is 25.4. The van der Waals surface area contributed by atoms with E-state index >= 15 is 0 Å². The van der Waals surface area contributed by atoms with Crippen LogP contribution in [0.2, 0.25) is 0 Å². The van der Waals surface area contributed by atoms with Crippen molar-refractivity contribution in [2.75, 3.05) is 6.54 Å². The van der Waals surface area contributed by atoms with Crippen molar-refractivity contribution in [2.24, 2.45) is 17.2 Å². The molecule has 20 heteroatoms. The van der Waals surface area contributed by atoms with Crippen molar-refractivity contribution in [1.82, 2.24) is 26.2 Å². The Balaban J connectivity index is 3.07. The van der Waals surface area contributed by atoms with E-state index in [1.54, 1.807) is 0 Å². The van der Waals surface area contributed by atoms with Gasteiger partial charge in [-0.2, -0.15) is 0 Å².